The number of ether oxygens (including phenoxy) is 1. The maximum absolute atomic E-state index is 6.04. The highest BCUT2D eigenvalue weighted by atomic mass is 16.5. The van der Waals surface area contributed by atoms with Crippen molar-refractivity contribution in [2.24, 2.45) is 0 Å². The third-order valence-electron chi connectivity index (χ3n) is 4.99. The fourth-order valence-corrected chi connectivity index (χ4v) is 3.51. The Morgan fingerprint density at radius 1 is 1.24 bits per heavy atom. The smallest absolute Gasteiger partial charge is 0.0706 e. The molecule has 2 heterocycles. The summed E-state index contributed by atoms with van der Waals surface area (Å²) in [5.74, 6) is 0. The Labute approximate surface area is 128 Å². The molecule has 0 bridgehead atoms. The van der Waals surface area contributed by atoms with Crippen LogP contribution in [0.25, 0.3) is 0 Å². The lowest BCUT2D eigenvalue weighted by Gasteiger charge is -2.47. The average molecular weight is 288 g/mol. The third kappa shape index (κ3) is 3.47. The van der Waals surface area contributed by atoms with Crippen molar-refractivity contribution >= 4 is 0 Å². The molecule has 0 amide bonds. The lowest BCUT2D eigenvalue weighted by molar-refractivity contribution is -0.0115. The minimum absolute atomic E-state index is 0.195. The van der Waals surface area contributed by atoms with Gasteiger partial charge in [0.05, 0.1) is 12.2 Å². The fraction of sp³-hybridized carbons (Fsp3) is 0.667. The van der Waals surface area contributed by atoms with Gasteiger partial charge >= 0.3 is 0 Å². The van der Waals surface area contributed by atoms with E-state index >= 15 is 0 Å². The second kappa shape index (κ2) is 6.07. The Bertz CT molecular complexity index is 460. The number of rotatable bonds is 3. The van der Waals surface area contributed by atoms with Crippen molar-refractivity contribution in [2.45, 2.75) is 57.4 Å². The van der Waals surface area contributed by atoms with Gasteiger partial charge in [0.1, 0.15) is 0 Å². The van der Waals surface area contributed by atoms with E-state index in [2.05, 4.69) is 61.3 Å². The van der Waals surface area contributed by atoms with Gasteiger partial charge in [-0.3, -0.25) is 4.90 Å². The average Bonchev–Trinajstić information content (AvgIpc) is 2.87. The minimum atomic E-state index is 0.195. The number of piperazine rings is 1. The molecule has 1 aromatic rings. The lowest BCUT2D eigenvalue weighted by Crippen LogP contribution is -2.60. The predicted octanol–water partition coefficient (Wildman–Crippen LogP) is 2.98. The summed E-state index contributed by atoms with van der Waals surface area (Å²) in [4.78, 5) is 2.61. The molecule has 2 fully saturated rings. The molecule has 0 aromatic heterocycles. The summed E-state index contributed by atoms with van der Waals surface area (Å²) in [6, 6.07) is 11.2. The van der Waals surface area contributed by atoms with Gasteiger partial charge in [0.15, 0.2) is 0 Å². The maximum atomic E-state index is 6.04. The summed E-state index contributed by atoms with van der Waals surface area (Å²) < 4.78 is 6.04. The van der Waals surface area contributed by atoms with E-state index in [1.165, 1.54) is 18.4 Å². The first-order chi connectivity index (χ1) is 10.0. The molecule has 1 aromatic carbocycles. The van der Waals surface area contributed by atoms with Crippen LogP contribution in [0.15, 0.2) is 30.3 Å². The molecule has 2 aliphatic heterocycles. The summed E-state index contributed by atoms with van der Waals surface area (Å²) in [7, 11) is 0. The summed E-state index contributed by atoms with van der Waals surface area (Å²) in [6.45, 7) is 10.00. The van der Waals surface area contributed by atoms with Gasteiger partial charge in [0.25, 0.3) is 0 Å². The molecular weight excluding hydrogens is 260 g/mol. The first-order valence-electron chi connectivity index (χ1n) is 8.23. The van der Waals surface area contributed by atoms with Crippen LogP contribution in [0.4, 0.5) is 0 Å². The molecule has 2 saturated heterocycles. The molecule has 0 saturated carbocycles. The molecule has 0 radical (unpaired) electrons. The monoisotopic (exact) mass is 288 g/mol. The molecule has 3 unspecified atom stereocenters. The summed E-state index contributed by atoms with van der Waals surface area (Å²) >= 11 is 0. The minimum Gasteiger partial charge on any atom is -0.374 e. The number of nitrogens with zero attached hydrogens (tertiary/aromatic N) is 1. The SMILES string of the molecule is CC1CCC(CN2CC(c3ccccc3)NCC2(C)C)O1. The van der Waals surface area contributed by atoms with E-state index in [4.69, 9.17) is 4.74 Å². The number of hydrogen-bond acceptors (Lipinski definition) is 3. The van der Waals surface area contributed by atoms with Crippen LogP contribution >= 0.6 is 0 Å². The van der Waals surface area contributed by atoms with Crippen molar-refractivity contribution in [2.75, 3.05) is 19.6 Å². The molecule has 2 aliphatic rings. The second-order valence-corrected chi connectivity index (χ2v) is 7.21. The summed E-state index contributed by atoms with van der Waals surface area (Å²) in [6.07, 6.45) is 3.26. The van der Waals surface area contributed by atoms with Gasteiger partial charge < -0.3 is 10.1 Å². The molecule has 3 nitrogen and oxygen atoms in total. The summed E-state index contributed by atoms with van der Waals surface area (Å²) in [5, 5.41) is 3.71. The van der Waals surface area contributed by atoms with Crippen LogP contribution in [0.1, 0.15) is 45.2 Å². The highest BCUT2D eigenvalue weighted by Gasteiger charge is 2.36. The quantitative estimate of drug-likeness (QED) is 0.925. The molecule has 0 spiro atoms. The van der Waals surface area contributed by atoms with Crippen LogP contribution in [-0.4, -0.2) is 42.3 Å². The molecule has 3 heteroatoms. The van der Waals surface area contributed by atoms with E-state index < -0.39 is 0 Å². The molecule has 116 valence electrons. The van der Waals surface area contributed by atoms with Crippen molar-refractivity contribution in [1.29, 1.82) is 0 Å². The lowest BCUT2D eigenvalue weighted by atomic mass is 9.93. The van der Waals surface area contributed by atoms with Gasteiger partial charge in [0.2, 0.25) is 0 Å². The molecule has 1 N–H and O–H groups in total. The molecule has 3 rings (SSSR count). The molecular formula is C18H28N2O. The standard InChI is InChI=1S/C18H28N2O/c1-14-9-10-16(21-14)11-20-12-17(19-13-18(20,2)3)15-7-5-4-6-8-15/h4-8,14,16-17,19H,9-13H2,1-3H3. The van der Waals surface area contributed by atoms with E-state index in [1.807, 2.05) is 0 Å². The van der Waals surface area contributed by atoms with E-state index in [0.717, 1.165) is 19.6 Å². The zero-order chi connectivity index (χ0) is 14.9. The van der Waals surface area contributed by atoms with Crippen molar-refractivity contribution in [3.05, 3.63) is 35.9 Å². The van der Waals surface area contributed by atoms with E-state index in [0.29, 0.717) is 18.2 Å². The van der Waals surface area contributed by atoms with Crippen molar-refractivity contribution < 1.29 is 4.74 Å². The predicted molar refractivity (Wildman–Crippen MR) is 86.4 cm³/mol. The third-order valence-corrected chi connectivity index (χ3v) is 4.99. The van der Waals surface area contributed by atoms with Gasteiger partial charge in [-0.15, -0.1) is 0 Å². The second-order valence-electron chi connectivity index (χ2n) is 7.21. The zero-order valence-corrected chi connectivity index (χ0v) is 13.5. The van der Waals surface area contributed by atoms with Crippen LogP contribution in [0.5, 0.6) is 0 Å². The number of hydrogen-bond donors (Lipinski definition) is 1. The van der Waals surface area contributed by atoms with Crippen LogP contribution in [0.2, 0.25) is 0 Å². The van der Waals surface area contributed by atoms with E-state index in [1.54, 1.807) is 0 Å². The Morgan fingerprint density at radius 2 is 2.00 bits per heavy atom. The highest BCUT2D eigenvalue weighted by Crippen LogP contribution is 2.28. The van der Waals surface area contributed by atoms with Gasteiger partial charge in [0, 0.05) is 31.2 Å². The van der Waals surface area contributed by atoms with Gasteiger partial charge in [-0.1, -0.05) is 30.3 Å². The van der Waals surface area contributed by atoms with Gasteiger partial charge in [-0.05, 0) is 39.2 Å². The van der Waals surface area contributed by atoms with Crippen LogP contribution < -0.4 is 5.32 Å². The van der Waals surface area contributed by atoms with E-state index in [-0.39, 0.29) is 5.54 Å². The molecule has 3 atom stereocenters. The Morgan fingerprint density at radius 3 is 2.67 bits per heavy atom. The number of nitrogens with one attached hydrogen (secondary N) is 1. The molecule has 21 heavy (non-hydrogen) atoms. The number of benzene rings is 1. The Kier molecular flexibility index (Phi) is 4.34. The maximum Gasteiger partial charge on any atom is 0.0706 e. The summed E-state index contributed by atoms with van der Waals surface area (Å²) in [5.41, 5.74) is 1.58. The first kappa shape index (κ1) is 15.0. The topological polar surface area (TPSA) is 24.5 Å². The Balaban J connectivity index is 1.68. The normalized spacial score (nSPS) is 33.2. The zero-order valence-electron chi connectivity index (χ0n) is 13.5. The van der Waals surface area contributed by atoms with Crippen molar-refractivity contribution in [1.82, 2.24) is 10.2 Å². The van der Waals surface area contributed by atoms with Crippen LogP contribution in [0.3, 0.4) is 0 Å². The van der Waals surface area contributed by atoms with Crippen molar-refractivity contribution in [3.8, 4) is 0 Å². The van der Waals surface area contributed by atoms with Gasteiger partial charge in [-0.2, -0.15) is 0 Å². The van der Waals surface area contributed by atoms with Gasteiger partial charge in [-0.25, -0.2) is 0 Å². The van der Waals surface area contributed by atoms with Crippen molar-refractivity contribution in [3.63, 3.8) is 0 Å². The van der Waals surface area contributed by atoms with Crippen LogP contribution in [0, 0.1) is 0 Å². The molecule has 0 aliphatic carbocycles. The highest BCUT2D eigenvalue weighted by molar-refractivity contribution is 5.20. The Hall–Kier alpha value is -0.900. The van der Waals surface area contributed by atoms with Crippen LogP contribution in [-0.2, 0) is 4.74 Å². The first-order valence-corrected chi connectivity index (χ1v) is 8.23. The fourth-order valence-electron chi connectivity index (χ4n) is 3.51. The van der Waals surface area contributed by atoms with E-state index in [9.17, 15) is 0 Å². The largest absolute Gasteiger partial charge is 0.374 e.